The first-order chi connectivity index (χ1) is 13.1. The van der Waals surface area contributed by atoms with E-state index >= 15 is 0 Å². The Kier molecular flexibility index (Phi) is 8.51. The van der Waals surface area contributed by atoms with Crippen LogP contribution in [0, 0.1) is 0 Å². The van der Waals surface area contributed by atoms with Gasteiger partial charge in [-0.05, 0) is 41.3 Å². The van der Waals surface area contributed by atoms with Crippen LogP contribution < -0.4 is 39.6 Å². The number of hydrogen-bond donors (Lipinski definition) is 1. The first kappa shape index (κ1) is 22.4. The number of carbonyl (C=O) groups excluding carboxylic acids is 1. The van der Waals surface area contributed by atoms with Crippen LogP contribution in [0.5, 0.6) is 0 Å². The molecule has 1 N–H and O–H groups in total. The van der Waals surface area contributed by atoms with Gasteiger partial charge in [-0.25, -0.2) is 0 Å². The third-order valence-electron chi connectivity index (χ3n) is 4.93. The first-order valence-electron chi connectivity index (χ1n) is 9.01. The van der Waals surface area contributed by atoms with Crippen molar-refractivity contribution < 1.29 is 39.5 Å². The predicted octanol–water partition coefficient (Wildman–Crippen LogP) is 0.900. The molecule has 0 amide bonds. The zero-order valence-corrected chi connectivity index (χ0v) is 19.3. The molecule has 0 unspecified atom stereocenters. The largest absolute Gasteiger partial charge is 1.00 e. The van der Waals surface area contributed by atoms with Crippen LogP contribution in [0.4, 0.5) is 5.69 Å². The Balaban J connectivity index is 0.00000280. The minimum atomic E-state index is -1.15. The predicted molar refractivity (Wildman–Crippen MR) is 109 cm³/mol. The molecule has 28 heavy (non-hydrogen) atoms. The molecular formula is C23H22NNaO2Si. The number of aromatic carboxylic acids is 1. The summed E-state index contributed by atoms with van der Waals surface area (Å²) < 4.78 is 0. The molecule has 3 rings (SSSR count). The maximum absolute atomic E-state index is 10.8. The second-order valence-electron chi connectivity index (χ2n) is 6.73. The van der Waals surface area contributed by atoms with Crippen molar-refractivity contribution in [2.45, 2.75) is 24.8 Å². The summed E-state index contributed by atoms with van der Waals surface area (Å²) >= 11 is 0. The van der Waals surface area contributed by atoms with Crippen molar-refractivity contribution in [3.8, 4) is 0 Å². The molecule has 0 saturated carbocycles. The zero-order chi connectivity index (χ0) is 19.1. The summed E-state index contributed by atoms with van der Waals surface area (Å²) in [5.74, 6) is -1.15. The van der Waals surface area contributed by atoms with Gasteiger partial charge in [0, 0.05) is 11.1 Å². The van der Waals surface area contributed by atoms with Gasteiger partial charge in [0.25, 0.3) is 0 Å². The number of nitrogens with one attached hydrogen (secondary N) is 1. The molecule has 0 aliphatic heterocycles. The molecule has 2 radical (unpaired) electrons. The molecule has 0 saturated heterocycles. The maximum Gasteiger partial charge on any atom is 1.00 e. The average molecular weight is 396 g/mol. The van der Waals surface area contributed by atoms with Gasteiger partial charge in [0.2, 0.25) is 0 Å². The van der Waals surface area contributed by atoms with Gasteiger partial charge in [0.15, 0.2) is 9.68 Å². The van der Waals surface area contributed by atoms with Crippen LogP contribution in [0.15, 0.2) is 84.9 Å². The summed E-state index contributed by atoms with van der Waals surface area (Å²) in [5, 5.41) is 10.8. The van der Waals surface area contributed by atoms with E-state index in [4.69, 9.17) is 0 Å². The Morgan fingerprint density at radius 1 is 0.893 bits per heavy atom. The zero-order valence-electron chi connectivity index (χ0n) is 16.3. The molecule has 0 spiro atoms. The van der Waals surface area contributed by atoms with Gasteiger partial charge < -0.3 is 14.9 Å². The molecular weight excluding hydrogens is 373 g/mol. The van der Waals surface area contributed by atoms with Gasteiger partial charge in [-0.3, -0.25) is 0 Å². The molecule has 0 atom stereocenters. The topological polar surface area (TPSA) is 52.2 Å². The third kappa shape index (κ3) is 5.58. The van der Waals surface area contributed by atoms with Gasteiger partial charge in [-0.2, -0.15) is 0 Å². The molecule has 0 aliphatic rings. The Labute approximate surface area is 191 Å². The number of carbonyl (C=O) groups is 1. The van der Waals surface area contributed by atoms with Gasteiger partial charge in [-0.1, -0.05) is 79.7 Å². The summed E-state index contributed by atoms with van der Waals surface area (Å²) in [6.07, 6.45) is 1.02. The second kappa shape index (κ2) is 10.6. The monoisotopic (exact) mass is 395 g/mol. The van der Waals surface area contributed by atoms with E-state index in [0.717, 1.165) is 18.2 Å². The number of benzene rings is 3. The number of hydrogen-bond acceptors (Lipinski definition) is 3. The summed E-state index contributed by atoms with van der Waals surface area (Å²) in [7, 11) is 0.551. The van der Waals surface area contributed by atoms with Crippen LogP contribution >= 0.6 is 0 Å². The van der Waals surface area contributed by atoms with Gasteiger partial charge in [0.05, 0.1) is 5.97 Å². The van der Waals surface area contributed by atoms with E-state index in [1.54, 1.807) is 24.3 Å². The summed E-state index contributed by atoms with van der Waals surface area (Å²) in [5.41, 5.74) is 3.72. The van der Waals surface area contributed by atoms with E-state index in [1.165, 1.54) is 11.1 Å². The van der Waals surface area contributed by atoms with Gasteiger partial charge in [-0.15, -0.1) is 0 Å². The van der Waals surface area contributed by atoms with Crippen molar-refractivity contribution in [3.63, 3.8) is 0 Å². The molecule has 0 bridgehead atoms. The summed E-state index contributed by atoms with van der Waals surface area (Å²) in [6.45, 7) is 2.30. The van der Waals surface area contributed by atoms with Crippen molar-refractivity contribution in [1.82, 2.24) is 0 Å². The molecule has 0 fully saturated rings. The van der Waals surface area contributed by atoms with Crippen LogP contribution in [0.2, 0.25) is 6.04 Å². The molecule has 3 nitrogen and oxygen atoms in total. The van der Waals surface area contributed by atoms with E-state index in [-0.39, 0.29) is 40.5 Å². The van der Waals surface area contributed by atoms with Crippen molar-refractivity contribution in [2.24, 2.45) is 0 Å². The Hall–Kier alpha value is -1.85. The van der Waals surface area contributed by atoms with Crippen LogP contribution in [0.3, 0.4) is 0 Å². The minimum Gasteiger partial charge on any atom is -0.545 e. The Morgan fingerprint density at radius 2 is 1.39 bits per heavy atom. The van der Waals surface area contributed by atoms with Crippen molar-refractivity contribution >= 4 is 21.3 Å². The number of carboxylic acid groups (broad SMARTS) is 1. The first-order valence-corrected chi connectivity index (χ1v) is 10.2. The van der Waals surface area contributed by atoms with E-state index < -0.39 is 5.97 Å². The quantitative estimate of drug-likeness (QED) is 0.456. The van der Waals surface area contributed by atoms with Crippen LogP contribution in [-0.4, -0.2) is 15.7 Å². The minimum absolute atomic E-state index is 0. The fraction of sp³-hybridized carbons (Fsp3) is 0.174. The summed E-state index contributed by atoms with van der Waals surface area (Å²) in [6, 6.07) is 29.0. The smallest absolute Gasteiger partial charge is 0.545 e. The van der Waals surface area contributed by atoms with Crippen LogP contribution in [0.25, 0.3) is 0 Å². The molecule has 0 aromatic heterocycles. The molecule has 3 aromatic carbocycles. The SMILES string of the molecule is CC(CC[Si]Nc1ccc(C(=O)[O-])cc1)(c1ccccc1)c1ccccc1.[Na+]. The Bertz CT molecular complexity index is 831. The van der Waals surface area contributed by atoms with E-state index in [9.17, 15) is 9.90 Å². The fourth-order valence-corrected chi connectivity index (χ4v) is 4.35. The van der Waals surface area contributed by atoms with Crippen molar-refractivity contribution in [3.05, 3.63) is 102 Å². The average Bonchev–Trinajstić information content (AvgIpc) is 2.72. The van der Waals surface area contributed by atoms with Crippen LogP contribution in [0.1, 0.15) is 34.8 Å². The van der Waals surface area contributed by atoms with E-state index in [0.29, 0.717) is 9.68 Å². The van der Waals surface area contributed by atoms with E-state index in [1.807, 2.05) is 0 Å². The fourth-order valence-electron chi connectivity index (χ4n) is 3.23. The molecule has 5 heteroatoms. The van der Waals surface area contributed by atoms with Gasteiger partial charge in [0.1, 0.15) is 0 Å². The Morgan fingerprint density at radius 3 is 1.86 bits per heavy atom. The third-order valence-corrected chi connectivity index (χ3v) is 5.89. The maximum atomic E-state index is 10.8. The van der Waals surface area contributed by atoms with Crippen molar-refractivity contribution in [2.75, 3.05) is 4.98 Å². The molecule has 3 aromatic rings. The van der Waals surface area contributed by atoms with E-state index in [2.05, 4.69) is 72.6 Å². The number of rotatable bonds is 8. The number of anilines is 1. The molecule has 0 aliphatic carbocycles. The molecule has 0 heterocycles. The number of carboxylic acids is 1. The second-order valence-corrected chi connectivity index (χ2v) is 7.83. The van der Waals surface area contributed by atoms with Crippen LogP contribution in [-0.2, 0) is 5.41 Å². The summed E-state index contributed by atoms with van der Waals surface area (Å²) in [4.78, 5) is 14.2. The van der Waals surface area contributed by atoms with Crippen molar-refractivity contribution in [1.29, 1.82) is 0 Å². The normalized spacial score (nSPS) is 10.8. The standard InChI is InChI=1S/C23H23NO2Si.Na/c1-23(19-8-4-2-5-9-19,20-10-6-3-7-11-20)16-17-27-24-21-14-12-18(13-15-21)22(25)26;/h2-15,24H,16-17H2,1H3,(H,25,26);/q;+1/p-1. The molecule has 136 valence electrons. The van der Waals surface area contributed by atoms with Gasteiger partial charge >= 0.3 is 29.6 Å².